The lowest BCUT2D eigenvalue weighted by atomic mass is 10.1. The Hall–Kier alpha value is -3.22. The molecule has 0 atom stereocenters. The van der Waals surface area contributed by atoms with Gasteiger partial charge >= 0.3 is 0 Å². The second-order valence-electron chi connectivity index (χ2n) is 6.62. The van der Waals surface area contributed by atoms with Crippen molar-refractivity contribution in [3.05, 3.63) is 86.0 Å². The van der Waals surface area contributed by atoms with E-state index in [0.717, 1.165) is 9.13 Å². The third-order valence-electron chi connectivity index (χ3n) is 4.33. The van der Waals surface area contributed by atoms with Crippen LogP contribution in [0.5, 0.6) is 17.2 Å². The normalized spacial score (nSPS) is 10.9. The third-order valence-corrected chi connectivity index (χ3v) is 5.36. The summed E-state index contributed by atoms with van der Waals surface area (Å²) >= 11 is 8.14. The molecule has 6 nitrogen and oxygen atoms in total. The first kappa shape index (κ1) is 23.4. The number of carbonyl (C=O) groups is 1. The van der Waals surface area contributed by atoms with Gasteiger partial charge in [-0.25, -0.2) is 0 Å². The first-order chi connectivity index (χ1) is 15.4. The second-order valence-corrected chi connectivity index (χ2v) is 8.22. The number of hydrogen-bond acceptors (Lipinski definition) is 5. The van der Waals surface area contributed by atoms with Crippen molar-refractivity contribution >= 4 is 51.9 Å². The minimum atomic E-state index is -0.562. The lowest BCUT2D eigenvalue weighted by Gasteiger charge is -2.14. The summed E-state index contributed by atoms with van der Waals surface area (Å²) in [5.41, 5.74) is 1.91. The number of phenols is 1. The summed E-state index contributed by atoms with van der Waals surface area (Å²) in [6.07, 6.45) is 1.47. The fourth-order valence-electron chi connectivity index (χ4n) is 2.80. The van der Waals surface area contributed by atoms with Gasteiger partial charge in [0.05, 0.1) is 10.7 Å². The Kier molecular flexibility index (Phi) is 7.98. The number of nitrogens with one attached hydrogen (secondary N) is 1. The highest BCUT2D eigenvalue weighted by Crippen LogP contribution is 2.35. The van der Waals surface area contributed by atoms with E-state index in [9.17, 15) is 15.2 Å². The molecule has 0 saturated carbocycles. The van der Waals surface area contributed by atoms with Crippen LogP contribution in [-0.4, -0.2) is 18.1 Å². The molecule has 0 aromatic heterocycles. The van der Waals surface area contributed by atoms with Crippen molar-refractivity contribution in [1.82, 2.24) is 0 Å². The van der Waals surface area contributed by atoms with Crippen molar-refractivity contribution in [2.45, 2.75) is 6.61 Å². The van der Waals surface area contributed by atoms with E-state index in [0.29, 0.717) is 34.4 Å². The zero-order valence-corrected chi connectivity index (χ0v) is 19.8. The van der Waals surface area contributed by atoms with Crippen LogP contribution in [0.3, 0.4) is 0 Å². The molecule has 0 heterocycles. The molecule has 3 rings (SSSR count). The van der Waals surface area contributed by atoms with E-state index in [1.165, 1.54) is 25.3 Å². The molecule has 1 amide bonds. The van der Waals surface area contributed by atoms with Crippen LogP contribution in [0.25, 0.3) is 6.08 Å². The number of benzene rings is 3. The highest BCUT2D eigenvalue weighted by atomic mass is 127. The molecule has 0 fully saturated rings. The number of ether oxygens (including phenoxy) is 2. The maximum atomic E-state index is 12.5. The van der Waals surface area contributed by atoms with Gasteiger partial charge in [-0.1, -0.05) is 23.7 Å². The quantitative estimate of drug-likeness (QED) is 0.165. The van der Waals surface area contributed by atoms with Gasteiger partial charge < -0.3 is 19.9 Å². The standard InChI is InChI=1S/C24H18ClIN2O4/c1-31-22-12-16(9-17(13-27)24(30)28-19-5-7-20(29)8-6-19)11-21(26)23(22)32-14-15-3-2-4-18(25)10-15/h2-12,29H,14H2,1H3,(H,28,30)/b17-9+. The summed E-state index contributed by atoms with van der Waals surface area (Å²) in [5.74, 6) is 0.547. The van der Waals surface area contributed by atoms with Crippen LogP contribution < -0.4 is 14.8 Å². The number of hydrogen-bond donors (Lipinski definition) is 2. The largest absolute Gasteiger partial charge is 0.508 e. The van der Waals surface area contributed by atoms with Crippen LogP contribution in [0.2, 0.25) is 5.02 Å². The van der Waals surface area contributed by atoms with E-state index in [4.69, 9.17) is 21.1 Å². The van der Waals surface area contributed by atoms with Gasteiger partial charge in [0, 0.05) is 10.7 Å². The van der Waals surface area contributed by atoms with E-state index >= 15 is 0 Å². The zero-order chi connectivity index (χ0) is 23.1. The van der Waals surface area contributed by atoms with Crippen LogP contribution in [-0.2, 0) is 11.4 Å². The van der Waals surface area contributed by atoms with E-state index in [-0.39, 0.29) is 11.3 Å². The minimum Gasteiger partial charge on any atom is -0.508 e. The summed E-state index contributed by atoms with van der Waals surface area (Å²) in [4.78, 5) is 12.5. The number of rotatable bonds is 7. The zero-order valence-electron chi connectivity index (χ0n) is 16.9. The van der Waals surface area contributed by atoms with Crippen molar-refractivity contribution in [3.63, 3.8) is 0 Å². The van der Waals surface area contributed by atoms with E-state index in [2.05, 4.69) is 27.9 Å². The Bertz CT molecular complexity index is 1200. The number of phenolic OH excluding ortho intramolecular Hbond substituents is 1. The number of nitriles is 1. The van der Waals surface area contributed by atoms with Crippen LogP contribution in [0.15, 0.2) is 66.2 Å². The minimum absolute atomic E-state index is 0.0801. The summed E-state index contributed by atoms with van der Waals surface area (Å²) in [6, 6.07) is 18.8. The Morgan fingerprint density at radius 1 is 1.22 bits per heavy atom. The maximum Gasteiger partial charge on any atom is 0.266 e. The number of anilines is 1. The van der Waals surface area contributed by atoms with Crippen LogP contribution in [0.4, 0.5) is 5.69 Å². The molecule has 8 heteroatoms. The molecule has 3 aromatic carbocycles. The van der Waals surface area contributed by atoms with Crippen molar-refractivity contribution < 1.29 is 19.4 Å². The van der Waals surface area contributed by atoms with Crippen molar-refractivity contribution in [2.24, 2.45) is 0 Å². The molecule has 0 aliphatic carbocycles. The number of methoxy groups -OCH3 is 1. The molecule has 0 unspecified atom stereocenters. The fourth-order valence-corrected chi connectivity index (χ4v) is 3.80. The molecule has 0 spiro atoms. The summed E-state index contributed by atoms with van der Waals surface area (Å²) in [7, 11) is 1.52. The Labute approximate surface area is 204 Å². The summed E-state index contributed by atoms with van der Waals surface area (Å²) in [5, 5.41) is 22.1. The van der Waals surface area contributed by atoms with Gasteiger partial charge in [-0.2, -0.15) is 5.26 Å². The average molecular weight is 561 g/mol. The molecule has 0 aliphatic heterocycles. The maximum absolute atomic E-state index is 12.5. The van der Waals surface area contributed by atoms with Gasteiger partial charge in [0.25, 0.3) is 5.91 Å². The van der Waals surface area contributed by atoms with Crippen molar-refractivity contribution in [3.8, 4) is 23.3 Å². The first-order valence-corrected chi connectivity index (χ1v) is 10.8. The van der Waals surface area contributed by atoms with E-state index in [1.54, 1.807) is 30.3 Å². The van der Waals surface area contributed by atoms with E-state index < -0.39 is 5.91 Å². The molecule has 0 saturated heterocycles. The summed E-state index contributed by atoms with van der Waals surface area (Å²) < 4.78 is 12.2. The molecule has 3 aromatic rings. The number of carbonyl (C=O) groups excluding carboxylic acids is 1. The average Bonchev–Trinajstić information content (AvgIpc) is 2.77. The van der Waals surface area contributed by atoms with Crippen molar-refractivity contribution in [1.29, 1.82) is 5.26 Å². The topological polar surface area (TPSA) is 91.6 Å². The van der Waals surface area contributed by atoms with Crippen molar-refractivity contribution in [2.75, 3.05) is 12.4 Å². The Balaban J connectivity index is 1.81. The number of halogens is 2. The van der Waals surface area contributed by atoms with Gasteiger partial charge in [-0.05, 0) is 88.3 Å². The number of amides is 1. The molecule has 162 valence electrons. The van der Waals surface area contributed by atoms with Crippen LogP contribution in [0, 0.1) is 14.9 Å². The van der Waals surface area contributed by atoms with Gasteiger partial charge in [-0.3, -0.25) is 4.79 Å². The molecule has 0 radical (unpaired) electrons. The predicted molar refractivity (Wildman–Crippen MR) is 132 cm³/mol. The SMILES string of the molecule is COc1cc(/C=C(\C#N)C(=O)Nc2ccc(O)cc2)cc(I)c1OCc1cccc(Cl)c1. The summed E-state index contributed by atoms with van der Waals surface area (Å²) in [6.45, 7) is 0.306. The molecular weight excluding hydrogens is 543 g/mol. The Morgan fingerprint density at radius 3 is 2.62 bits per heavy atom. The molecule has 0 bridgehead atoms. The fraction of sp³-hybridized carbons (Fsp3) is 0.0833. The van der Waals surface area contributed by atoms with Crippen LogP contribution in [0.1, 0.15) is 11.1 Å². The Morgan fingerprint density at radius 2 is 1.97 bits per heavy atom. The van der Waals surface area contributed by atoms with Gasteiger partial charge in [0.2, 0.25) is 0 Å². The number of nitrogens with zero attached hydrogens (tertiary/aromatic N) is 1. The molecule has 0 aliphatic rings. The van der Waals surface area contributed by atoms with Gasteiger partial charge in [-0.15, -0.1) is 0 Å². The molecule has 32 heavy (non-hydrogen) atoms. The predicted octanol–water partition coefficient (Wildman–Crippen LogP) is 5.78. The van der Waals surface area contributed by atoms with Gasteiger partial charge in [0.15, 0.2) is 11.5 Å². The smallest absolute Gasteiger partial charge is 0.266 e. The van der Waals surface area contributed by atoms with Gasteiger partial charge in [0.1, 0.15) is 24.0 Å². The highest BCUT2D eigenvalue weighted by molar-refractivity contribution is 14.1. The molecular formula is C24H18ClIN2O4. The molecule has 2 N–H and O–H groups in total. The van der Waals surface area contributed by atoms with Crippen LogP contribution >= 0.6 is 34.2 Å². The van der Waals surface area contributed by atoms with E-state index in [1.807, 2.05) is 24.3 Å². The lowest BCUT2D eigenvalue weighted by Crippen LogP contribution is -2.13. The third kappa shape index (κ3) is 6.15. The first-order valence-electron chi connectivity index (χ1n) is 9.36. The second kappa shape index (κ2) is 10.9. The lowest BCUT2D eigenvalue weighted by molar-refractivity contribution is -0.112. The monoisotopic (exact) mass is 560 g/mol. The number of aromatic hydroxyl groups is 1. The highest BCUT2D eigenvalue weighted by Gasteiger charge is 2.14.